The van der Waals surface area contributed by atoms with E-state index in [0.717, 1.165) is 43.9 Å². The molecule has 2 aromatic rings. The maximum atomic E-state index is 5.81. The van der Waals surface area contributed by atoms with Gasteiger partial charge in [-0.3, -0.25) is 0 Å². The minimum Gasteiger partial charge on any atom is -0.490 e. The second kappa shape index (κ2) is 8.25. The molecule has 0 N–H and O–H groups in total. The van der Waals surface area contributed by atoms with Crippen molar-refractivity contribution in [2.45, 2.75) is 32.7 Å². The third-order valence-electron chi connectivity index (χ3n) is 2.98. The van der Waals surface area contributed by atoms with Crippen LogP contribution in [-0.2, 0) is 6.54 Å². The molecule has 0 atom stereocenters. The van der Waals surface area contributed by atoms with Gasteiger partial charge in [0.05, 0.1) is 19.5 Å². The molecule has 0 aliphatic rings. The predicted molar refractivity (Wildman–Crippen MR) is 79.2 cm³/mol. The second-order valence-electron chi connectivity index (χ2n) is 4.65. The fourth-order valence-electron chi connectivity index (χ4n) is 1.86. The molecule has 1 heterocycles. The lowest BCUT2D eigenvalue weighted by Gasteiger charge is -2.12. The van der Waals surface area contributed by atoms with Crippen molar-refractivity contribution in [1.82, 2.24) is 9.55 Å². The van der Waals surface area contributed by atoms with Crippen LogP contribution in [0.3, 0.4) is 0 Å². The van der Waals surface area contributed by atoms with E-state index in [1.165, 1.54) is 0 Å². The SMILES string of the molecule is CCCCOc1ccccc1OCCCn1ccnc1. The van der Waals surface area contributed by atoms with Crippen molar-refractivity contribution in [2.75, 3.05) is 13.2 Å². The first-order valence-electron chi connectivity index (χ1n) is 7.20. The summed E-state index contributed by atoms with van der Waals surface area (Å²) in [6.45, 7) is 4.49. The number of ether oxygens (including phenoxy) is 2. The number of benzene rings is 1. The summed E-state index contributed by atoms with van der Waals surface area (Å²) < 4.78 is 13.6. The number of unbranched alkanes of at least 4 members (excludes halogenated alkanes) is 1. The lowest BCUT2D eigenvalue weighted by atomic mass is 10.3. The Labute approximate surface area is 120 Å². The average molecular weight is 274 g/mol. The summed E-state index contributed by atoms with van der Waals surface area (Å²) in [4.78, 5) is 4.02. The zero-order chi connectivity index (χ0) is 14.0. The van der Waals surface area contributed by atoms with Gasteiger partial charge in [0.2, 0.25) is 0 Å². The van der Waals surface area contributed by atoms with Crippen molar-refractivity contribution < 1.29 is 9.47 Å². The van der Waals surface area contributed by atoms with Gasteiger partial charge >= 0.3 is 0 Å². The third kappa shape index (κ3) is 4.61. The van der Waals surface area contributed by atoms with Gasteiger partial charge in [0, 0.05) is 18.9 Å². The molecule has 108 valence electrons. The molecule has 0 spiro atoms. The molecule has 2 rings (SSSR count). The third-order valence-corrected chi connectivity index (χ3v) is 2.98. The molecule has 0 aliphatic carbocycles. The normalized spacial score (nSPS) is 10.4. The number of hydrogen-bond donors (Lipinski definition) is 0. The molecule has 1 aromatic carbocycles. The van der Waals surface area contributed by atoms with Gasteiger partial charge in [-0.25, -0.2) is 4.98 Å². The minimum absolute atomic E-state index is 0.673. The van der Waals surface area contributed by atoms with Crippen LogP contribution >= 0.6 is 0 Å². The van der Waals surface area contributed by atoms with Crippen LogP contribution in [0.1, 0.15) is 26.2 Å². The number of aromatic nitrogens is 2. The van der Waals surface area contributed by atoms with E-state index in [0.29, 0.717) is 6.61 Å². The Bertz CT molecular complexity index is 483. The summed E-state index contributed by atoms with van der Waals surface area (Å²) >= 11 is 0. The summed E-state index contributed by atoms with van der Waals surface area (Å²) in [6, 6.07) is 7.86. The van der Waals surface area contributed by atoms with Crippen LogP contribution in [0.25, 0.3) is 0 Å². The minimum atomic E-state index is 0.673. The van der Waals surface area contributed by atoms with Crippen LogP contribution in [0.5, 0.6) is 11.5 Å². The standard InChI is InChI=1S/C16H22N2O2/c1-2-3-12-19-15-7-4-5-8-16(15)20-13-6-10-18-11-9-17-14-18/h4-5,7-9,11,14H,2-3,6,10,12-13H2,1H3. The quantitative estimate of drug-likeness (QED) is 0.656. The molecule has 0 unspecified atom stereocenters. The summed E-state index contributed by atoms with van der Waals surface area (Å²) in [6.07, 6.45) is 8.71. The van der Waals surface area contributed by atoms with E-state index in [-0.39, 0.29) is 0 Å². The highest BCUT2D eigenvalue weighted by Crippen LogP contribution is 2.26. The number of para-hydroxylation sites is 2. The second-order valence-corrected chi connectivity index (χ2v) is 4.65. The number of rotatable bonds is 9. The highest BCUT2D eigenvalue weighted by molar-refractivity contribution is 5.39. The lowest BCUT2D eigenvalue weighted by Crippen LogP contribution is -2.05. The number of hydrogen-bond acceptors (Lipinski definition) is 3. The molecule has 4 nitrogen and oxygen atoms in total. The first-order chi connectivity index (χ1) is 9.90. The van der Waals surface area contributed by atoms with Crippen molar-refractivity contribution in [3.05, 3.63) is 43.0 Å². The number of aryl methyl sites for hydroxylation is 1. The van der Waals surface area contributed by atoms with Crippen molar-refractivity contribution in [1.29, 1.82) is 0 Å². The summed E-state index contributed by atoms with van der Waals surface area (Å²) in [5.41, 5.74) is 0. The van der Waals surface area contributed by atoms with E-state index in [9.17, 15) is 0 Å². The van der Waals surface area contributed by atoms with Crippen LogP contribution in [0.2, 0.25) is 0 Å². The Kier molecular flexibility index (Phi) is 5.96. The topological polar surface area (TPSA) is 36.3 Å². The zero-order valence-corrected chi connectivity index (χ0v) is 12.0. The van der Waals surface area contributed by atoms with Gasteiger partial charge in [-0.15, -0.1) is 0 Å². The van der Waals surface area contributed by atoms with Crippen molar-refractivity contribution in [3.63, 3.8) is 0 Å². The molecule has 0 amide bonds. The fraction of sp³-hybridized carbons (Fsp3) is 0.438. The lowest BCUT2D eigenvalue weighted by molar-refractivity contribution is 0.259. The largest absolute Gasteiger partial charge is 0.490 e. The molecule has 0 saturated carbocycles. The molecule has 0 bridgehead atoms. The Morgan fingerprint density at radius 3 is 2.35 bits per heavy atom. The molecule has 1 aromatic heterocycles. The van der Waals surface area contributed by atoms with Gasteiger partial charge in [0.25, 0.3) is 0 Å². The van der Waals surface area contributed by atoms with Gasteiger partial charge in [0.1, 0.15) is 0 Å². The Hall–Kier alpha value is -1.97. The average Bonchev–Trinajstić information content (AvgIpc) is 2.98. The highest BCUT2D eigenvalue weighted by Gasteiger charge is 2.03. The van der Waals surface area contributed by atoms with Crippen LogP contribution in [-0.4, -0.2) is 22.8 Å². The van der Waals surface area contributed by atoms with E-state index in [2.05, 4.69) is 11.9 Å². The van der Waals surface area contributed by atoms with Gasteiger partial charge in [-0.05, 0) is 25.0 Å². The van der Waals surface area contributed by atoms with E-state index in [1.54, 1.807) is 6.20 Å². The van der Waals surface area contributed by atoms with Crippen LogP contribution in [0, 0.1) is 0 Å². The van der Waals surface area contributed by atoms with Crippen molar-refractivity contribution >= 4 is 0 Å². The zero-order valence-electron chi connectivity index (χ0n) is 12.0. The Morgan fingerprint density at radius 1 is 1.05 bits per heavy atom. The summed E-state index contributed by atoms with van der Waals surface area (Å²) in [5, 5.41) is 0. The molecule has 0 fully saturated rings. The van der Waals surface area contributed by atoms with E-state index >= 15 is 0 Å². The first kappa shape index (κ1) is 14.4. The monoisotopic (exact) mass is 274 g/mol. The van der Waals surface area contributed by atoms with Crippen LogP contribution in [0.15, 0.2) is 43.0 Å². The number of nitrogens with zero attached hydrogens (tertiary/aromatic N) is 2. The first-order valence-corrected chi connectivity index (χ1v) is 7.20. The summed E-state index contributed by atoms with van der Waals surface area (Å²) in [7, 11) is 0. The van der Waals surface area contributed by atoms with Crippen molar-refractivity contribution in [3.8, 4) is 11.5 Å². The van der Waals surface area contributed by atoms with E-state index in [1.807, 2.05) is 41.4 Å². The molecule has 0 saturated heterocycles. The van der Waals surface area contributed by atoms with Gasteiger partial charge in [-0.2, -0.15) is 0 Å². The number of imidazole rings is 1. The highest BCUT2D eigenvalue weighted by atomic mass is 16.5. The maximum Gasteiger partial charge on any atom is 0.161 e. The Morgan fingerprint density at radius 2 is 1.75 bits per heavy atom. The molecular formula is C16H22N2O2. The molecule has 4 heteroatoms. The van der Waals surface area contributed by atoms with Gasteiger partial charge in [0.15, 0.2) is 11.5 Å². The maximum absolute atomic E-state index is 5.81. The van der Waals surface area contributed by atoms with E-state index < -0.39 is 0 Å². The van der Waals surface area contributed by atoms with E-state index in [4.69, 9.17) is 9.47 Å². The molecule has 0 aliphatic heterocycles. The Balaban J connectivity index is 1.76. The molecule has 20 heavy (non-hydrogen) atoms. The fourth-order valence-corrected chi connectivity index (χ4v) is 1.86. The smallest absolute Gasteiger partial charge is 0.161 e. The molecule has 0 radical (unpaired) electrons. The van der Waals surface area contributed by atoms with Crippen molar-refractivity contribution in [2.24, 2.45) is 0 Å². The summed E-state index contributed by atoms with van der Waals surface area (Å²) in [5.74, 6) is 1.66. The van der Waals surface area contributed by atoms with Gasteiger partial charge < -0.3 is 14.0 Å². The molecular weight excluding hydrogens is 252 g/mol. The van der Waals surface area contributed by atoms with Gasteiger partial charge in [-0.1, -0.05) is 25.5 Å². The van der Waals surface area contributed by atoms with Crippen LogP contribution < -0.4 is 9.47 Å². The predicted octanol–water partition coefficient (Wildman–Crippen LogP) is 3.53. The van der Waals surface area contributed by atoms with Crippen LogP contribution in [0.4, 0.5) is 0 Å².